The Balaban J connectivity index is 1.90. The van der Waals surface area contributed by atoms with Gasteiger partial charge in [0.15, 0.2) is 16.6 Å². The van der Waals surface area contributed by atoms with Gasteiger partial charge in [-0.3, -0.25) is 20.2 Å². The Morgan fingerprint density at radius 3 is 2.37 bits per heavy atom. The Hall–Kier alpha value is -2.13. The van der Waals surface area contributed by atoms with Gasteiger partial charge in [-0.25, -0.2) is 0 Å². The molecule has 0 atom stereocenters. The summed E-state index contributed by atoms with van der Waals surface area (Å²) < 4.78 is 12.2. The van der Waals surface area contributed by atoms with Gasteiger partial charge in [0.2, 0.25) is 0 Å². The fourth-order valence-electron chi connectivity index (χ4n) is 2.60. The average molecular weight is 530 g/mol. The predicted octanol–water partition coefficient (Wildman–Crippen LogP) is 4.65. The third-order valence-electron chi connectivity index (χ3n) is 4.00. The largest absolute Gasteiger partial charge is 0.490 e. The van der Waals surface area contributed by atoms with Gasteiger partial charge < -0.3 is 9.47 Å². The summed E-state index contributed by atoms with van der Waals surface area (Å²) in [6.45, 7) is 2.43. The van der Waals surface area contributed by atoms with Crippen molar-refractivity contribution in [3.63, 3.8) is 0 Å². The lowest BCUT2D eigenvalue weighted by atomic mass is 10.1. The van der Waals surface area contributed by atoms with E-state index in [4.69, 9.17) is 44.9 Å². The highest BCUT2D eigenvalue weighted by Gasteiger charge is 2.26. The van der Waals surface area contributed by atoms with Crippen molar-refractivity contribution in [2.75, 3.05) is 6.61 Å². The van der Waals surface area contributed by atoms with E-state index in [-0.39, 0.29) is 17.3 Å². The number of amides is 2. The molecule has 0 radical (unpaired) electrons. The molecule has 2 aromatic carbocycles. The van der Waals surface area contributed by atoms with Crippen LogP contribution in [-0.4, -0.2) is 23.5 Å². The zero-order valence-electron chi connectivity index (χ0n) is 15.6. The van der Waals surface area contributed by atoms with E-state index in [9.17, 15) is 9.59 Å². The molecule has 0 spiro atoms. The van der Waals surface area contributed by atoms with Crippen LogP contribution in [0.3, 0.4) is 0 Å². The number of benzene rings is 2. The minimum Gasteiger partial charge on any atom is -0.490 e. The second kappa shape index (κ2) is 9.78. The van der Waals surface area contributed by atoms with Crippen LogP contribution in [0.25, 0.3) is 6.08 Å². The van der Waals surface area contributed by atoms with Crippen LogP contribution in [-0.2, 0) is 16.2 Å². The molecule has 1 aliphatic heterocycles. The summed E-state index contributed by atoms with van der Waals surface area (Å²) in [5.74, 6) is -0.238. The third kappa shape index (κ3) is 5.31. The molecule has 1 saturated heterocycles. The van der Waals surface area contributed by atoms with Crippen molar-refractivity contribution in [2.24, 2.45) is 0 Å². The van der Waals surface area contributed by atoms with Crippen LogP contribution < -0.4 is 20.1 Å². The Morgan fingerprint density at radius 1 is 1.07 bits per heavy atom. The maximum absolute atomic E-state index is 12.1. The molecule has 0 saturated carbocycles. The van der Waals surface area contributed by atoms with Crippen molar-refractivity contribution in [1.29, 1.82) is 0 Å². The Morgan fingerprint density at radius 2 is 1.73 bits per heavy atom. The van der Waals surface area contributed by atoms with Gasteiger partial charge in [-0.05, 0) is 55.0 Å². The number of hydrogen-bond acceptors (Lipinski definition) is 5. The molecular formula is C20H15BrCl2N2O4S. The molecule has 156 valence electrons. The molecule has 0 aromatic heterocycles. The minimum atomic E-state index is -0.577. The highest BCUT2D eigenvalue weighted by molar-refractivity contribution is 9.10. The average Bonchev–Trinajstić information content (AvgIpc) is 2.66. The Kier molecular flexibility index (Phi) is 7.36. The predicted molar refractivity (Wildman–Crippen MR) is 123 cm³/mol. The van der Waals surface area contributed by atoms with Crippen LogP contribution in [0.1, 0.15) is 18.1 Å². The van der Waals surface area contributed by atoms with E-state index in [1.165, 1.54) is 6.08 Å². The minimum absolute atomic E-state index is 0.0270. The number of nitrogens with one attached hydrogen (secondary N) is 2. The van der Waals surface area contributed by atoms with E-state index in [1.54, 1.807) is 30.3 Å². The molecule has 2 aromatic rings. The van der Waals surface area contributed by atoms with Crippen molar-refractivity contribution >= 4 is 74.4 Å². The summed E-state index contributed by atoms with van der Waals surface area (Å²) >= 11 is 20.4. The topological polar surface area (TPSA) is 76.7 Å². The number of halogens is 3. The number of ether oxygens (including phenoxy) is 2. The monoisotopic (exact) mass is 528 g/mol. The first-order chi connectivity index (χ1) is 14.3. The van der Waals surface area contributed by atoms with Crippen LogP contribution in [0, 0.1) is 0 Å². The second-order valence-corrected chi connectivity index (χ2v) is 8.18. The molecule has 0 aliphatic carbocycles. The van der Waals surface area contributed by atoms with Crippen molar-refractivity contribution in [3.05, 3.63) is 61.5 Å². The molecule has 1 fully saturated rings. The van der Waals surface area contributed by atoms with Crippen molar-refractivity contribution in [1.82, 2.24) is 10.6 Å². The van der Waals surface area contributed by atoms with Crippen LogP contribution in [0.15, 0.2) is 40.4 Å². The molecule has 2 N–H and O–H groups in total. The van der Waals surface area contributed by atoms with Gasteiger partial charge in [0.25, 0.3) is 11.8 Å². The molecule has 3 rings (SSSR count). The number of carbonyl (C=O) groups is 2. The van der Waals surface area contributed by atoms with Crippen LogP contribution in [0.5, 0.6) is 11.5 Å². The molecule has 10 heteroatoms. The summed E-state index contributed by atoms with van der Waals surface area (Å²) in [4.78, 5) is 24.2. The standard InChI is InChI=1S/C20H15BrCl2N2O4S/c1-2-28-16-6-11(5-13-18(26)24-20(30)25-19(13)27)14(21)8-17(16)29-9-10-3-4-12(22)7-15(10)23/h3-8H,2,9H2,1H3,(H2,24,25,26,27,30). The maximum Gasteiger partial charge on any atom is 0.263 e. The van der Waals surface area contributed by atoms with Gasteiger partial charge in [0, 0.05) is 20.1 Å². The number of thiocarbonyl (C=S) groups is 1. The molecule has 6 nitrogen and oxygen atoms in total. The summed E-state index contributed by atoms with van der Waals surface area (Å²) in [5.41, 5.74) is 1.24. The van der Waals surface area contributed by atoms with Crippen molar-refractivity contribution < 1.29 is 19.1 Å². The fourth-order valence-corrected chi connectivity index (χ4v) is 3.68. The lowest BCUT2D eigenvalue weighted by Gasteiger charge is -2.17. The molecule has 0 unspecified atom stereocenters. The van der Waals surface area contributed by atoms with Gasteiger partial charge in [0.1, 0.15) is 12.2 Å². The SMILES string of the molecule is CCOc1cc(C=C2C(=O)NC(=S)NC2=O)c(Br)cc1OCc1ccc(Cl)cc1Cl. The Bertz CT molecular complexity index is 1050. The maximum atomic E-state index is 12.1. The Labute approximate surface area is 196 Å². The third-order valence-corrected chi connectivity index (χ3v) is 5.48. The van der Waals surface area contributed by atoms with E-state index < -0.39 is 11.8 Å². The van der Waals surface area contributed by atoms with Crippen molar-refractivity contribution in [3.8, 4) is 11.5 Å². The van der Waals surface area contributed by atoms with E-state index in [0.29, 0.717) is 38.2 Å². The lowest BCUT2D eigenvalue weighted by molar-refractivity contribution is -0.123. The number of rotatable bonds is 6. The zero-order chi connectivity index (χ0) is 21.8. The van der Waals surface area contributed by atoms with Crippen LogP contribution in [0.4, 0.5) is 0 Å². The summed E-state index contributed by atoms with van der Waals surface area (Å²) in [6.07, 6.45) is 1.44. The van der Waals surface area contributed by atoms with E-state index in [2.05, 4.69) is 26.6 Å². The van der Waals surface area contributed by atoms with Gasteiger partial charge >= 0.3 is 0 Å². The first kappa shape index (κ1) is 22.6. The summed E-state index contributed by atoms with van der Waals surface area (Å²) in [7, 11) is 0. The first-order valence-corrected chi connectivity index (χ1v) is 10.7. The molecule has 0 bridgehead atoms. The lowest BCUT2D eigenvalue weighted by Crippen LogP contribution is -2.51. The fraction of sp³-hybridized carbons (Fsp3) is 0.150. The highest BCUT2D eigenvalue weighted by Crippen LogP contribution is 2.36. The smallest absolute Gasteiger partial charge is 0.263 e. The number of carbonyl (C=O) groups excluding carboxylic acids is 2. The normalized spacial score (nSPS) is 13.6. The highest BCUT2D eigenvalue weighted by atomic mass is 79.9. The molecular weight excluding hydrogens is 515 g/mol. The number of hydrogen-bond donors (Lipinski definition) is 2. The van der Waals surface area contributed by atoms with Crippen molar-refractivity contribution in [2.45, 2.75) is 13.5 Å². The van der Waals surface area contributed by atoms with E-state index in [0.717, 1.165) is 5.56 Å². The quantitative estimate of drug-likeness (QED) is 0.323. The van der Waals surface area contributed by atoms with E-state index in [1.807, 2.05) is 6.92 Å². The molecule has 30 heavy (non-hydrogen) atoms. The molecule has 2 amide bonds. The first-order valence-electron chi connectivity index (χ1n) is 8.70. The zero-order valence-corrected chi connectivity index (χ0v) is 19.5. The molecule has 1 heterocycles. The molecule has 1 aliphatic rings. The van der Waals surface area contributed by atoms with Gasteiger partial charge in [0.05, 0.1) is 6.61 Å². The van der Waals surface area contributed by atoms with Gasteiger partial charge in [-0.15, -0.1) is 0 Å². The summed E-state index contributed by atoms with van der Waals surface area (Å²) in [5, 5.41) is 5.80. The van der Waals surface area contributed by atoms with Gasteiger partial charge in [-0.2, -0.15) is 0 Å². The summed E-state index contributed by atoms with van der Waals surface area (Å²) in [6, 6.07) is 8.52. The van der Waals surface area contributed by atoms with Gasteiger partial charge in [-0.1, -0.05) is 45.2 Å². The van der Waals surface area contributed by atoms with Crippen LogP contribution >= 0.6 is 51.3 Å². The van der Waals surface area contributed by atoms with Crippen LogP contribution in [0.2, 0.25) is 10.0 Å². The van der Waals surface area contributed by atoms with E-state index >= 15 is 0 Å². The second-order valence-electron chi connectivity index (χ2n) is 6.07.